The molecule has 0 aromatic carbocycles. The van der Waals surface area contributed by atoms with Gasteiger partial charge in [0.1, 0.15) is 5.82 Å². The minimum Gasteiger partial charge on any atom is -0.392 e. The van der Waals surface area contributed by atoms with Crippen LogP contribution in [-0.4, -0.2) is 45.6 Å². The molecule has 106 valence electrons. The van der Waals surface area contributed by atoms with E-state index in [2.05, 4.69) is 15.1 Å². The Kier molecular flexibility index (Phi) is 3.99. The fourth-order valence-corrected chi connectivity index (χ4v) is 1.77. The summed E-state index contributed by atoms with van der Waals surface area (Å²) in [6.45, 7) is 1.92. The summed E-state index contributed by atoms with van der Waals surface area (Å²) in [6, 6.07) is 1.82. The van der Waals surface area contributed by atoms with Crippen molar-refractivity contribution in [3.05, 3.63) is 29.6 Å². The standard InChI is InChI=1S/C13H18N6O/c1-9-10(5-4-6-20)8-15-19(9)12-7-11(18(2)3)16-13(14)17-12/h4-5,7-8,20H,6H2,1-3H3,(H2,14,16,17)/b5-4+. The number of rotatable bonds is 4. The van der Waals surface area contributed by atoms with E-state index in [-0.39, 0.29) is 12.6 Å². The number of hydrogen-bond donors (Lipinski definition) is 2. The molecule has 0 aliphatic heterocycles. The molecular weight excluding hydrogens is 256 g/mol. The van der Waals surface area contributed by atoms with Gasteiger partial charge in [0.2, 0.25) is 5.95 Å². The van der Waals surface area contributed by atoms with Crippen LogP contribution in [0.5, 0.6) is 0 Å². The summed E-state index contributed by atoms with van der Waals surface area (Å²) in [5, 5.41) is 13.1. The van der Waals surface area contributed by atoms with Gasteiger partial charge >= 0.3 is 0 Å². The third-order valence-corrected chi connectivity index (χ3v) is 2.84. The first-order chi connectivity index (χ1) is 9.52. The van der Waals surface area contributed by atoms with Crippen LogP contribution in [0.15, 0.2) is 18.3 Å². The number of nitrogens with zero attached hydrogens (tertiary/aromatic N) is 5. The maximum absolute atomic E-state index is 8.82. The molecule has 0 saturated heterocycles. The van der Waals surface area contributed by atoms with Gasteiger partial charge in [-0.25, -0.2) is 4.68 Å². The van der Waals surface area contributed by atoms with Crippen molar-refractivity contribution < 1.29 is 5.11 Å². The third kappa shape index (κ3) is 2.77. The molecule has 0 unspecified atom stereocenters. The first-order valence-electron chi connectivity index (χ1n) is 6.17. The van der Waals surface area contributed by atoms with Crippen molar-refractivity contribution in [2.45, 2.75) is 6.92 Å². The van der Waals surface area contributed by atoms with Gasteiger partial charge in [0.25, 0.3) is 0 Å². The largest absolute Gasteiger partial charge is 0.392 e. The van der Waals surface area contributed by atoms with Crippen LogP contribution in [0, 0.1) is 6.92 Å². The second-order valence-electron chi connectivity index (χ2n) is 4.52. The van der Waals surface area contributed by atoms with E-state index >= 15 is 0 Å². The van der Waals surface area contributed by atoms with Crippen LogP contribution >= 0.6 is 0 Å². The van der Waals surface area contributed by atoms with E-state index in [9.17, 15) is 0 Å². The highest BCUT2D eigenvalue weighted by molar-refractivity contribution is 5.53. The number of nitrogen functional groups attached to an aromatic ring is 1. The molecule has 0 spiro atoms. The van der Waals surface area contributed by atoms with E-state index in [1.165, 1.54) is 0 Å². The Labute approximate surface area is 117 Å². The fourth-order valence-electron chi connectivity index (χ4n) is 1.77. The van der Waals surface area contributed by atoms with Gasteiger partial charge in [0.05, 0.1) is 18.5 Å². The Morgan fingerprint density at radius 1 is 1.40 bits per heavy atom. The van der Waals surface area contributed by atoms with Crippen LogP contribution in [0.2, 0.25) is 0 Å². The van der Waals surface area contributed by atoms with Gasteiger partial charge in [-0.2, -0.15) is 15.1 Å². The highest BCUT2D eigenvalue weighted by atomic mass is 16.2. The van der Waals surface area contributed by atoms with Crippen molar-refractivity contribution in [1.82, 2.24) is 19.7 Å². The first kappa shape index (κ1) is 14.0. The van der Waals surface area contributed by atoms with Gasteiger partial charge in [-0.05, 0) is 6.92 Å². The van der Waals surface area contributed by atoms with Crippen molar-refractivity contribution in [2.75, 3.05) is 31.3 Å². The topological polar surface area (TPSA) is 93.1 Å². The lowest BCUT2D eigenvalue weighted by Gasteiger charge is -2.13. The monoisotopic (exact) mass is 274 g/mol. The number of aliphatic hydroxyl groups is 1. The molecule has 0 radical (unpaired) electrons. The Hall–Kier alpha value is -2.41. The molecular formula is C13H18N6O. The van der Waals surface area contributed by atoms with Crippen molar-refractivity contribution in [1.29, 1.82) is 0 Å². The predicted octanol–water partition coefficient (Wildman–Crippen LogP) is 0.624. The van der Waals surface area contributed by atoms with Crippen LogP contribution in [0.1, 0.15) is 11.3 Å². The highest BCUT2D eigenvalue weighted by Crippen LogP contribution is 2.18. The van der Waals surface area contributed by atoms with Crippen LogP contribution in [0.3, 0.4) is 0 Å². The third-order valence-electron chi connectivity index (χ3n) is 2.84. The summed E-state index contributed by atoms with van der Waals surface area (Å²) in [5.74, 6) is 1.53. The smallest absolute Gasteiger partial charge is 0.224 e. The van der Waals surface area contributed by atoms with Gasteiger partial charge in [0.15, 0.2) is 5.82 Å². The van der Waals surface area contributed by atoms with Crippen molar-refractivity contribution in [3.63, 3.8) is 0 Å². The predicted molar refractivity (Wildman–Crippen MR) is 78.8 cm³/mol. The summed E-state index contributed by atoms with van der Waals surface area (Å²) in [5.41, 5.74) is 7.57. The molecule has 0 aliphatic rings. The minimum atomic E-state index is -0.00411. The number of aromatic nitrogens is 4. The lowest BCUT2D eigenvalue weighted by atomic mass is 10.2. The first-order valence-corrected chi connectivity index (χ1v) is 6.17. The lowest BCUT2D eigenvalue weighted by molar-refractivity contribution is 0.343. The molecule has 0 aliphatic carbocycles. The maximum Gasteiger partial charge on any atom is 0.224 e. The quantitative estimate of drug-likeness (QED) is 0.849. The molecule has 3 N–H and O–H groups in total. The average molecular weight is 274 g/mol. The average Bonchev–Trinajstić information content (AvgIpc) is 2.77. The van der Waals surface area contributed by atoms with Crippen LogP contribution in [0.4, 0.5) is 11.8 Å². The SMILES string of the molecule is Cc1c(/C=C/CO)cnn1-c1cc(N(C)C)nc(N)n1. The van der Waals surface area contributed by atoms with Crippen molar-refractivity contribution >= 4 is 17.8 Å². The van der Waals surface area contributed by atoms with Gasteiger partial charge in [-0.3, -0.25) is 0 Å². The lowest BCUT2D eigenvalue weighted by Crippen LogP contribution is -2.14. The van der Waals surface area contributed by atoms with Gasteiger partial charge < -0.3 is 15.7 Å². The van der Waals surface area contributed by atoms with Crippen LogP contribution in [0.25, 0.3) is 11.9 Å². The zero-order chi connectivity index (χ0) is 14.7. The van der Waals surface area contributed by atoms with Crippen LogP contribution in [-0.2, 0) is 0 Å². The minimum absolute atomic E-state index is 0.00411. The molecule has 20 heavy (non-hydrogen) atoms. The Morgan fingerprint density at radius 3 is 2.80 bits per heavy atom. The summed E-state index contributed by atoms with van der Waals surface area (Å²) in [7, 11) is 3.77. The number of nitrogens with two attached hydrogens (primary N) is 1. The maximum atomic E-state index is 8.82. The Bertz CT molecular complexity index is 632. The van der Waals surface area contributed by atoms with Crippen molar-refractivity contribution in [2.24, 2.45) is 0 Å². The summed E-state index contributed by atoms with van der Waals surface area (Å²) in [4.78, 5) is 10.2. The molecule has 2 rings (SSSR count). The summed E-state index contributed by atoms with van der Waals surface area (Å²) < 4.78 is 1.70. The Balaban J connectivity index is 2.46. The zero-order valence-corrected chi connectivity index (χ0v) is 11.8. The van der Waals surface area contributed by atoms with Crippen molar-refractivity contribution in [3.8, 4) is 5.82 Å². The zero-order valence-electron chi connectivity index (χ0n) is 11.8. The Morgan fingerprint density at radius 2 is 2.15 bits per heavy atom. The molecule has 0 bridgehead atoms. The molecule has 0 fully saturated rings. The molecule has 2 aromatic rings. The number of anilines is 2. The molecule has 0 atom stereocenters. The molecule has 7 heteroatoms. The number of hydrogen-bond acceptors (Lipinski definition) is 6. The summed E-state index contributed by atoms with van der Waals surface area (Å²) in [6.07, 6.45) is 5.19. The highest BCUT2D eigenvalue weighted by Gasteiger charge is 2.10. The van der Waals surface area contributed by atoms with E-state index in [1.54, 1.807) is 17.0 Å². The van der Waals surface area contributed by atoms with E-state index in [0.29, 0.717) is 5.82 Å². The molecule has 0 amide bonds. The molecule has 7 nitrogen and oxygen atoms in total. The van der Waals surface area contributed by atoms with E-state index in [1.807, 2.05) is 38.1 Å². The van der Waals surface area contributed by atoms with Gasteiger partial charge in [-0.15, -0.1) is 0 Å². The second kappa shape index (κ2) is 5.70. The van der Waals surface area contributed by atoms with E-state index in [4.69, 9.17) is 10.8 Å². The molecule has 2 aromatic heterocycles. The summed E-state index contributed by atoms with van der Waals surface area (Å²) >= 11 is 0. The van der Waals surface area contributed by atoms with E-state index in [0.717, 1.165) is 17.1 Å². The second-order valence-corrected chi connectivity index (χ2v) is 4.52. The molecule has 0 saturated carbocycles. The number of aliphatic hydroxyl groups excluding tert-OH is 1. The van der Waals surface area contributed by atoms with Gasteiger partial charge in [0, 0.05) is 25.7 Å². The van der Waals surface area contributed by atoms with E-state index < -0.39 is 0 Å². The van der Waals surface area contributed by atoms with Gasteiger partial charge in [-0.1, -0.05) is 12.2 Å². The fraction of sp³-hybridized carbons (Fsp3) is 0.308. The molecule has 2 heterocycles. The normalized spacial score (nSPS) is 11.2. The van der Waals surface area contributed by atoms with Crippen LogP contribution < -0.4 is 10.6 Å².